The third-order valence-corrected chi connectivity index (χ3v) is 9.41. The number of phosphoric acid groups is 1. The van der Waals surface area contributed by atoms with E-state index in [1.807, 2.05) is 27.2 Å². The molecule has 0 aromatic carbocycles. The van der Waals surface area contributed by atoms with Crippen molar-refractivity contribution in [3.8, 4) is 0 Å². The van der Waals surface area contributed by atoms with E-state index in [9.17, 15) is 19.0 Å². The molecular formula is C41H77NO8P+. The SMILES string of the molecule is CCCCC/C=C/C/C=C/C/C=C/CCCC(=O)O[C@H](COC(=O)CCCCCCCCCCCCCCC)COP(=O)(O)OCC[N+](C)(C)C. The van der Waals surface area contributed by atoms with Crippen LogP contribution in [0.1, 0.15) is 162 Å². The molecule has 0 radical (unpaired) electrons. The van der Waals surface area contributed by atoms with Crippen molar-refractivity contribution >= 4 is 19.8 Å². The zero-order valence-electron chi connectivity index (χ0n) is 33.3. The van der Waals surface area contributed by atoms with Gasteiger partial charge in [0.25, 0.3) is 0 Å². The number of likely N-dealkylation sites (N-methyl/N-ethyl adjacent to an activating group) is 1. The smallest absolute Gasteiger partial charge is 0.462 e. The first-order valence-electron chi connectivity index (χ1n) is 20.2. The lowest BCUT2D eigenvalue weighted by atomic mass is 10.0. The first kappa shape index (κ1) is 49.2. The zero-order valence-corrected chi connectivity index (χ0v) is 34.2. The second kappa shape index (κ2) is 34.0. The van der Waals surface area contributed by atoms with E-state index in [0.717, 1.165) is 44.9 Å². The Labute approximate surface area is 312 Å². The number of unbranched alkanes of at least 4 members (excludes halogenated alkanes) is 16. The van der Waals surface area contributed by atoms with E-state index in [1.54, 1.807) is 0 Å². The van der Waals surface area contributed by atoms with Crippen LogP contribution in [-0.4, -0.2) is 74.9 Å². The van der Waals surface area contributed by atoms with Gasteiger partial charge in [0.1, 0.15) is 19.8 Å². The Morgan fingerprint density at radius 1 is 0.608 bits per heavy atom. The van der Waals surface area contributed by atoms with Crippen molar-refractivity contribution in [3.05, 3.63) is 36.5 Å². The summed E-state index contributed by atoms with van der Waals surface area (Å²) in [6.45, 7) is 4.32. The van der Waals surface area contributed by atoms with Gasteiger partial charge in [-0.15, -0.1) is 0 Å². The molecule has 0 spiro atoms. The van der Waals surface area contributed by atoms with Gasteiger partial charge in [0.15, 0.2) is 6.10 Å². The normalized spacial score (nSPS) is 14.1. The van der Waals surface area contributed by atoms with Crippen molar-refractivity contribution in [1.82, 2.24) is 0 Å². The monoisotopic (exact) mass is 743 g/mol. The van der Waals surface area contributed by atoms with Crippen LogP contribution in [0.25, 0.3) is 0 Å². The first-order valence-corrected chi connectivity index (χ1v) is 21.7. The molecule has 10 heteroatoms. The number of carbonyl (C=O) groups is 2. The molecule has 2 atom stereocenters. The fraction of sp³-hybridized carbons (Fsp3) is 0.805. The number of hydrogen-bond acceptors (Lipinski definition) is 7. The van der Waals surface area contributed by atoms with Crippen molar-refractivity contribution in [1.29, 1.82) is 0 Å². The van der Waals surface area contributed by atoms with Gasteiger partial charge in [0.2, 0.25) is 0 Å². The van der Waals surface area contributed by atoms with E-state index in [-0.39, 0.29) is 32.0 Å². The highest BCUT2D eigenvalue weighted by atomic mass is 31.2. The zero-order chi connectivity index (χ0) is 37.9. The third-order valence-electron chi connectivity index (χ3n) is 8.42. The summed E-state index contributed by atoms with van der Waals surface area (Å²) < 4.78 is 34.1. The number of phosphoric ester groups is 1. The summed E-state index contributed by atoms with van der Waals surface area (Å²) in [6.07, 6.45) is 36.2. The van der Waals surface area contributed by atoms with Crippen LogP contribution in [0.3, 0.4) is 0 Å². The standard InChI is InChI=1S/C41H76NO8P/c1-6-8-10-12-14-16-18-20-22-24-26-28-30-32-34-41(44)50-39(38-49-51(45,46)48-36-35-42(3,4)5)37-47-40(43)33-31-29-27-25-23-21-19-17-15-13-11-9-7-2/h14,16,20,22,26,28,39H,6-13,15,17-19,21,23-25,27,29-38H2,1-5H3/p+1/b16-14+,22-20+,28-26+/t39-/m1/s1. The van der Waals surface area contributed by atoms with Gasteiger partial charge in [-0.1, -0.05) is 140 Å². The summed E-state index contributed by atoms with van der Waals surface area (Å²) in [5, 5.41) is 0. The lowest BCUT2D eigenvalue weighted by Gasteiger charge is -2.24. The quantitative estimate of drug-likeness (QED) is 0.0222. The Morgan fingerprint density at radius 2 is 1.08 bits per heavy atom. The molecular weight excluding hydrogens is 665 g/mol. The predicted octanol–water partition coefficient (Wildman–Crippen LogP) is 11.0. The van der Waals surface area contributed by atoms with Gasteiger partial charge in [-0.25, -0.2) is 4.57 Å². The van der Waals surface area contributed by atoms with Gasteiger partial charge in [-0.3, -0.25) is 18.6 Å². The van der Waals surface area contributed by atoms with E-state index >= 15 is 0 Å². The molecule has 51 heavy (non-hydrogen) atoms. The third kappa shape index (κ3) is 37.8. The highest BCUT2D eigenvalue weighted by Gasteiger charge is 2.27. The molecule has 9 nitrogen and oxygen atoms in total. The van der Waals surface area contributed by atoms with Gasteiger partial charge >= 0.3 is 19.8 Å². The minimum absolute atomic E-state index is 0.0231. The fourth-order valence-corrected chi connectivity index (χ4v) is 5.95. The van der Waals surface area contributed by atoms with Crippen LogP contribution < -0.4 is 0 Å². The van der Waals surface area contributed by atoms with E-state index in [1.165, 1.54) is 83.5 Å². The Morgan fingerprint density at radius 3 is 1.63 bits per heavy atom. The number of rotatable bonds is 36. The molecule has 0 saturated carbocycles. The molecule has 0 aliphatic rings. The number of esters is 2. The average molecular weight is 743 g/mol. The molecule has 1 unspecified atom stereocenters. The highest BCUT2D eigenvalue weighted by Crippen LogP contribution is 2.43. The molecule has 298 valence electrons. The maximum absolute atomic E-state index is 12.6. The number of carbonyl (C=O) groups excluding carboxylic acids is 2. The molecule has 0 aromatic rings. The maximum atomic E-state index is 12.6. The average Bonchev–Trinajstić information content (AvgIpc) is 3.07. The van der Waals surface area contributed by atoms with Crippen molar-refractivity contribution in [3.63, 3.8) is 0 Å². The van der Waals surface area contributed by atoms with E-state index < -0.39 is 26.5 Å². The Balaban J connectivity index is 4.50. The predicted molar refractivity (Wildman–Crippen MR) is 210 cm³/mol. The molecule has 0 saturated heterocycles. The van der Waals surface area contributed by atoms with Crippen molar-refractivity contribution in [2.75, 3.05) is 47.5 Å². The summed E-state index contributed by atoms with van der Waals surface area (Å²) in [5.74, 6) is -0.860. The minimum atomic E-state index is -4.38. The highest BCUT2D eigenvalue weighted by molar-refractivity contribution is 7.47. The molecule has 1 N–H and O–H groups in total. The molecule has 0 rings (SSSR count). The first-order chi connectivity index (χ1) is 24.5. The van der Waals surface area contributed by atoms with Crippen molar-refractivity contribution in [2.24, 2.45) is 0 Å². The van der Waals surface area contributed by atoms with Gasteiger partial charge in [-0.2, -0.15) is 0 Å². The second-order valence-corrected chi connectivity index (χ2v) is 16.1. The van der Waals surface area contributed by atoms with Crippen molar-refractivity contribution < 1.29 is 42.1 Å². The lowest BCUT2D eigenvalue weighted by molar-refractivity contribution is -0.870. The molecule has 0 heterocycles. The molecule has 0 aliphatic heterocycles. The van der Waals surface area contributed by atoms with Gasteiger partial charge < -0.3 is 18.9 Å². The van der Waals surface area contributed by atoms with E-state index in [4.69, 9.17) is 18.5 Å². The minimum Gasteiger partial charge on any atom is -0.462 e. The Hall–Kier alpha value is -1.77. The number of nitrogens with zero attached hydrogens (tertiary/aromatic N) is 1. The Bertz CT molecular complexity index is 975. The molecule has 0 aliphatic carbocycles. The topological polar surface area (TPSA) is 108 Å². The summed E-state index contributed by atoms with van der Waals surface area (Å²) in [4.78, 5) is 35.2. The largest absolute Gasteiger partial charge is 0.472 e. The second-order valence-electron chi connectivity index (χ2n) is 14.7. The summed E-state index contributed by atoms with van der Waals surface area (Å²) >= 11 is 0. The summed E-state index contributed by atoms with van der Waals surface area (Å²) in [5.41, 5.74) is 0. The number of allylic oxidation sites excluding steroid dienone is 6. The maximum Gasteiger partial charge on any atom is 0.472 e. The summed E-state index contributed by atoms with van der Waals surface area (Å²) in [7, 11) is 1.44. The molecule has 0 amide bonds. The number of hydrogen-bond donors (Lipinski definition) is 1. The van der Waals surface area contributed by atoms with E-state index in [2.05, 4.69) is 44.2 Å². The van der Waals surface area contributed by atoms with Crippen LogP contribution in [0.5, 0.6) is 0 Å². The van der Waals surface area contributed by atoms with Crippen LogP contribution in [-0.2, 0) is 32.7 Å². The molecule has 0 bridgehead atoms. The van der Waals surface area contributed by atoms with Gasteiger partial charge in [0.05, 0.1) is 27.7 Å². The number of quaternary nitrogens is 1. The van der Waals surface area contributed by atoms with Crippen molar-refractivity contribution in [2.45, 2.75) is 168 Å². The summed E-state index contributed by atoms with van der Waals surface area (Å²) in [6, 6.07) is 0. The van der Waals surface area contributed by atoms with Crippen LogP contribution in [0.15, 0.2) is 36.5 Å². The van der Waals surface area contributed by atoms with E-state index in [0.29, 0.717) is 17.4 Å². The number of ether oxygens (including phenoxy) is 2. The van der Waals surface area contributed by atoms with Crippen LogP contribution >= 0.6 is 7.82 Å². The van der Waals surface area contributed by atoms with Gasteiger partial charge in [0, 0.05) is 12.8 Å². The fourth-order valence-electron chi connectivity index (χ4n) is 5.20. The van der Waals surface area contributed by atoms with Gasteiger partial charge in [-0.05, 0) is 44.9 Å². The molecule has 0 aromatic heterocycles. The molecule has 0 fully saturated rings. The van der Waals surface area contributed by atoms with Crippen LogP contribution in [0.2, 0.25) is 0 Å². The van der Waals surface area contributed by atoms with Crippen LogP contribution in [0.4, 0.5) is 0 Å². The van der Waals surface area contributed by atoms with Crippen LogP contribution in [0, 0.1) is 0 Å². The lowest BCUT2D eigenvalue weighted by Crippen LogP contribution is -2.37. The Kier molecular flexibility index (Phi) is 32.8.